The normalized spacial score (nSPS) is 22.4. The Morgan fingerprint density at radius 3 is 2.70 bits per heavy atom. The summed E-state index contributed by atoms with van der Waals surface area (Å²) >= 11 is 2.86. The third kappa shape index (κ3) is 3.69. The van der Waals surface area contributed by atoms with Crippen LogP contribution in [0.3, 0.4) is 0 Å². The molecule has 0 radical (unpaired) electrons. The van der Waals surface area contributed by atoms with Crippen LogP contribution in [0.1, 0.15) is 32.6 Å². The van der Waals surface area contributed by atoms with Crippen molar-refractivity contribution in [2.24, 2.45) is 11.8 Å². The minimum atomic E-state index is -1.13. The molecule has 1 aromatic heterocycles. The van der Waals surface area contributed by atoms with Crippen molar-refractivity contribution in [2.45, 2.75) is 36.9 Å². The Bertz CT molecular complexity index is 492. The Labute approximate surface area is 125 Å². The SMILES string of the molecule is CCSc1nnc(NC(=O)[C@@H]2CCCC[C@H]2C(=O)[O-])s1. The summed E-state index contributed by atoms with van der Waals surface area (Å²) in [5.74, 6) is -1.76. The Kier molecular flexibility index (Phi) is 5.36. The number of amides is 1. The lowest BCUT2D eigenvalue weighted by Crippen LogP contribution is -2.42. The van der Waals surface area contributed by atoms with Gasteiger partial charge in [0.25, 0.3) is 0 Å². The van der Waals surface area contributed by atoms with Crippen molar-refractivity contribution < 1.29 is 14.7 Å². The zero-order valence-electron chi connectivity index (χ0n) is 11.1. The third-order valence-corrected chi connectivity index (χ3v) is 5.16. The summed E-state index contributed by atoms with van der Waals surface area (Å²) in [6, 6.07) is 0. The highest BCUT2D eigenvalue weighted by molar-refractivity contribution is 8.01. The fourth-order valence-corrected chi connectivity index (χ4v) is 4.02. The van der Waals surface area contributed by atoms with Crippen LogP contribution in [-0.4, -0.2) is 27.8 Å². The number of hydrogen-bond donors (Lipinski definition) is 1. The minimum absolute atomic E-state index is 0.289. The first-order valence-corrected chi connectivity index (χ1v) is 8.40. The van der Waals surface area contributed by atoms with E-state index in [2.05, 4.69) is 15.5 Å². The van der Waals surface area contributed by atoms with Crippen LogP contribution in [0.25, 0.3) is 0 Å². The number of aromatic nitrogens is 2. The molecular weight excluding hydrogens is 298 g/mol. The first-order chi connectivity index (χ1) is 9.61. The first kappa shape index (κ1) is 15.2. The molecule has 110 valence electrons. The molecule has 20 heavy (non-hydrogen) atoms. The number of rotatable bonds is 5. The second-order valence-corrected chi connectivity index (χ2v) is 7.10. The lowest BCUT2D eigenvalue weighted by Gasteiger charge is -2.30. The standard InChI is InChI=1S/C12H17N3O3S2/c1-2-19-12-15-14-11(20-12)13-9(16)7-5-3-4-6-8(7)10(17)18/h7-8H,2-6H2,1H3,(H,17,18)(H,13,14,16)/p-1/t7-,8-/m1/s1. The molecular formula is C12H16N3O3S2-. The Balaban J connectivity index is 2.00. The topological polar surface area (TPSA) is 95.0 Å². The molecule has 1 heterocycles. The molecule has 0 aromatic carbocycles. The third-order valence-electron chi connectivity index (χ3n) is 3.31. The Morgan fingerprint density at radius 2 is 2.05 bits per heavy atom. The zero-order valence-corrected chi connectivity index (χ0v) is 12.8. The average molecular weight is 314 g/mol. The van der Waals surface area contributed by atoms with Gasteiger partial charge in [0.2, 0.25) is 11.0 Å². The molecule has 2 rings (SSSR count). The van der Waals surface area contributed by atoms with E-state index in [1.54, 1.807) is 11.8 Å². The molecule has 6 nitrogen and oxygen atoms in total. The fraction of sp³-hybridized carbons (Fsp3) is 0.667. The molecule has 1 aromatic rings. The van der Waals surface area contributed by atoms with E-state index in [1.807, 2.05) is 6.92 Å². The maximum atomic E-state index is 12.2. The number of anilines is 1. The van der Waals surface area contributed by atoms with E-state index >= 15 is 0 Å². The van der Waals surface area contributed by atoms with E-state index in [4.69, 9.17) is 0 Å². The quantitative estimate of drug-likeness (QED) is 0.647. The number of nitrogens with one attached hydrogen (secondary N) is 1. The van der Waals surface area contributed by atoms with E-state index in [1.165, 1.54) is 11.3 Å². The predicted molar refractivity (Wildman–Crippen MR) is 75.4 cm³/mol. The molecule has 1 fully saturated rings. The average Bonchev–Trinajstić information content (AvgIpc) is 2.86. The molecule has 1 saturated carbocycles. The van der Waals surface area contributed by atoms with Crippen LogP contribution in [0.15, 0.2) is 4.34 Å². The Morgan fingerprint density at radius 1 is 1.35 bits per heavy atom. The smallest absolute Gasteiger partial charge is 0.229 e. The maximum Gasteiger partial charge on any atom is 0.229 e. The predicted octanol–water partition coefficient (Wildman–Crippen LogP) is 1.14. The van der Waals surface area contributed by atoms with Crippen LogP contribution in [0.4, 0.5) is 5.13 Å². The van der Waals surface area contributed by atoms with Gasteiger partial charge in [-0.25, -0.2) is 0 Å². The van der Waals surface area contributed by atoms with E-state index in [0.29, 0.717) is 18.0 Å². The molecule has 1 amide bonds. The van der Waals surface area contributed by atoms with Gasteiger partial charge in [0.1, 0.15) is 0 Å². The summed E-state index contributed by atoms with van der Waals surface area (Å²) in [5.41, 5.74) is 0. The molecule has 8 heteroatoms. The van der Waals surface area contributed by atoms with E-state index in [9.17, 15) is 14.7 Å². The van der Waals surface area contributed by atoms with E-state index < -0.39 is 17.8 Å². The van der Waals surface area contributed by atoms with Crippen LogP contribution in [0.2, 0.25) is 0 Å². The monoisotopic (exact) mass is 314 g/mol. The largest absolute Gasteiger partial charge is 0.550 e. The summed E-state index contributed by atoms with van der Waals surface area (Å²) in [4.78, 5) is 23.3. The van der Waals surface area contributed by atoms with Gasteiger partial charge in [0.15, 0.2) is 4.34 Å². The molecule has 1 aliphatic rings. The van der Waals surface area contributed by atoms with Crippen molar-refractivity contribution in [1.82, 2.24) is 10.2 Å². The summed E-state index contributed by atoms with van der Waals surface area (Å²) in [5, 5.41) is 22.0. The molecule has 0 unspecified atom stereocenters. The van der Waals surface area contributed by atoms with Gasteiger partial charge < -0.3 is 15.2 Å². The van der Waals surface area contributed by atoms with Gasteiger partial charge in [-0.1, -0.05) is 42.9 Å². The van der Waals surface area contributed by atoms with Crippen molar-refractivity contribution in [3.63, 3.8) is 0 Å². The Hall–Kier alpha value is -1.15. The lowest BCUT2D eigenvalue weighted by atomic mass is 9.79. The molecule has 0 aliphatic heterocycles. The highest BCUT2D eigenvalue weighted by atomic mass is 32.2. The number of carboxylic acid groups (broad SMARTS) is 1. The lowest BCUT2D eigenvalue weighted by molar-refractivity contribution is -0.313. The van der Waals surface area contributed by atoms with Gasteiger partial charge in [-0.2, -0.15) is 0 Å². The van der Waals surface area contributed by atoms with Crippen molar-refractivity contribution in [3.05, 3.63) is 0 Å². The van der Waals surface area contributed by atoms with Gasteiger partial charge in [-0.3, -0.25) is 4.79 Å². The number of aliphatic carboxylic acids is 1. The number of carbonyl (C=O) groups is 2. The fourth-order valence-electron chi connectivity index (χ4n) is 2.37. The van der Waals surface area contributed by atoms with Crippen molar-refractivity contribution in [2.75, 3.05) is 11.1 Å². The molecule has 2 atom stereocenters. The van der Waals surface area contributed by atoms with Gasteiger partial charge in [-0.05, 0) is 18.6 Å². The summed E-state index contributed by atoms with van der Waals surface area (Å²) in [6.45, 7) is 2.01. The minimum Gasteiger partial charge on any atom is -0.550 e. The molecule has 0 spiro atoms. The summed E-state index contributed by atoms with van der Waals surface area (Å²) in [6.07, 6.45) is 2.79. The van der Waals surface area contributed by atoms with E-state index in [-0.39, 0.29) is 5.91 Å². The number of hydrogen-bond acceptors (Lipinski definition) is 7. The van der Waals surface area contributed by atoms with Crippen molar-refractivity contribution in [1.29, 1.82) is 0 Å². The highest BCUT2D eigenvalue weighted by Crippen LogP contribution is 2.31. The molecule has 0 bridgehead atoms. The van der Waals surface area contributed by atoms with Crippen molar-refractivity contribution >= 4 is 40.1 Å². The molecule has 0 saturated heterocycles. The van der Waals surface area contributed by atoms with Crippen LogP contribution < -0.4 is 10.4 Å². The molecule has 1 aliphatic carbocycles. The molecule has 1 N–H and O–H groups in total. The number of carbonyl (C=O) groups excluding carboxylic acids is 2. The van der Waals surface area contributed by atoms with Crippen LogP contribution >= 0.6 is 23.1 Å². The highest BCUT2D eigenvalue weighted by Gasteiger charge is 2.32. The summed E-state index contributed by atoms with van der Waals surface area (Å²) < 4.78 is 0.794. The van der Waals surface area contributed by atoms with Gasteiger partial charge in [-0.15, -0.1) is 10.2 Å². The number of carboxylic acids is 1. The van der Waals surface area contributed by atoms with E-state index in [0.717, 1.165) is 22.9 Å². The second kappa shape index (κ2) is 7.03. The summed E-state index contributed by atoms with van der Waals surface area (Å²) in [7, 11) is 0. The van der Waals surface area contributed by atoms with Gasteiger partial charge in [0.05, 0.1) is 0 Å². The number of thioether (sulfide) groups is 1. The number of nitrogens with zero attached hydrogens (tertiary/aromatic N) is 2. The van der Waals surface area contributed by atoms with Crippen LogP contribution in [0, 0.1) is 11.8 Å². The van der Waals surface area contributed by atoms with Crippen LogP contribution in [-0.2, 0) is 9.59 Å². The van der Waals surface area contributed by atoms with Gasteiger partial charge in [0, 0.05) is 17.8 Å². The maximum absolute atomic E-state index is 12.2. The van der Waals surface area contributed by atoms with Crippen LogP contribution in [0.5, 0.6) is 0 Å². The van der Waals surface area contributed by atoms with Gasteiger partial charge >= 0.3 is 0 Å². The van der Waals surface area contributed by atoms with Crippen molar-refractivity contribution in [3.8, 4) is 0 Å². The first-order valence-electron chi connectivity index (χ1n) is 6.59. The zero-order chi connectivity index (χ0) is 14.5. The second-order valence-electron chi connectivity index (χ2n) is 4.61.